The van der Waals surface area contributed by atoms with Gasteiger partial charge in [-0.05, 0) is 74.3 Å². The molecule has 0 saturated carbocycles. The molecule has 1 aromatic rings. The van der Waals surface area contributed by atoms with Crippen molar-refractivity contribution in [1.82, 2.24) is 0 Å². The third-order valence-corrected chi connectivity index (χ3v) is 4.93. The number of benzene rings is 1. The van der Waals surface area contributed by atoms with Crippen LogP contribution in [-0.2, 0) is 0 Å². The Morgan fingerprint density at radius 1 is 1.00 bits per heavy atom. The van der Waals surface area contributed by atoms with Crippen molar-refractivity contribution in [1.29, 1.82) is 0 Å². The Morgan fingerprint density at radius 3 is 2.15 bits per heavy atom. The Balaban J connectivity index is 3.61. The molecule has 0 aliphatic carbocycles. The SMILES string of the molecule is C/C=C(C)/C=C/C(C)=C(/C)c1cc(C(C)C)cc(C(C)C)c1OCCC. The molecule has 0 spiro atoms. The molecule has 0 aliphatic rings. The Morgan fingerprint density at radius 2 is 1.65 bits per heavy atom. The van der Waals surface area contributed by atoms with Gasteiger partial charge in [0.25, 0.3) is 0 Å². The lowest BCUT2D eigenvalue weighted by atomic mass is 9.88. The summed E-state index contributed by atoms with van der Waals surface area (Å²) in [4.78, 5) is 0. The molecule has 0 saturated heterocycles. The summed E-state index contributed by atoms with van der Waals surface area (Å²) in [6, 6.07) is 4.67. The summed E-state index contributed by atoms with van der Waals surface area (Å²) < 4.78 is 6.26. The lowest BCUT2D eigenvalue weighted by molar-refractivity contribution is 0.312. The third kappa shape index (κ3) is 5.90. The smallest absolute Gasteiger partial charge is 0.130 e. The fourth-order valence-electron chi connectivity index (χ4n) is 2.77. The van der Waals surface area contributed by atoms with Crippen molar-refractivity contribution in [3.63, 3.8) is 0 Å². The maximum Gasteiger partial charge on any atom is 0.130 e. The monoisotopic (exact) mass is 354 g/mol. The highest BCUT2D eigenvalue weighted by molar-refractivity contribution is 5.75. The molecule has 0 amide bonds. The first kappa shape index (κ1) is 22.3. The molecule has 0 fully saturated rings. The second-order valence-corrected chi connectivity index (χ2v) is 7.82. The molecule has 144 valence electrons. The van der Waals surface area contributed by atoms with E-state index in [1.54, 1.807) is 0 Å². The molecular formula is C25H38O. The zero-order chi connectivity index (χ0) is 19.9. The van der Waals surface area contributed by atoms with E-state index < -0.39 is 0 Å². The summed E-state index contributed by atoms with van der Waals surface area (Å²) in [5.41, 5.74) is 7.80. The van der Waals surface area contributed by atoms with E-state index in [9.17, 15) is 0 Å². The van der Waals surface area contributed by atoms with Crippen LogP contribution in [0.3, 0.4) is 0 Å². The van der Waals surface area contributed by atoms with Crippen LogP contribution in [0.2, 0.25) is 0 Å². The number of ether oxygens (including phenoxy) is 1. The second-order valence-electron chi connectivity index (χ2n) is 7.82. The average molecular weight is 355 g/mol. The first-order valence-electron chi connectivity index (χ1n) is 10.0. The van der Waals surface area contributed by atoms with E-state index >= 15 is 0 Å². The van der Waals surface area contributed by atoms with E-state index in [0.29, 0.717) is 11.8 Å². The summed E-state index contributed by atoms with van der Waals surface area (Å²) in [6.45, 7) is 20.6. The standard InChI is InChI=1S/C25H38O/c1-10-14-26-25-23(18(5)6)15-22(17(3)4)16-24(25)21(9)20(8)13-12-19(7)11-2/h11-13,15-18H,10,14H2,1-9H3/b13-12+,19-11+,21-20-. The van der Waals surface area contributed by atoms with Crippen LogP contribution in [0.15, 0.2) is 41.5 Å². The molecule has 1 nitrogen and oxygen atoms in total. The summed E-state index contributed by atoms with van der Waals surface area (Å²) in [5, 5.41) is 0. The van der Waals surface area contributed by atoms with Crippen LogP contribution in [-0.4, -0.2) is 6.61 Å². The van der Waals surface area contributed by atoms with Crippen molar-refractivity contribution < 1.29 is 4.74 Å². The Bertz CT molecular complexity index is 684. The van der Waals surface area contributed by atoms with E-state index in [1.807, 2.05) is 0 Å². The number of rotatable bonds is 8. The summed E-state index contributed by atoms with van der Waals surface area (Å²) in [6.07, 6.45) is 7.54. The van der Waals surface area contributed by atoms with Gasteiger partial charge in [-0.15, -0.1) is 0 Å². The average Bonchev–Trinajstić information content (AvgIpc) is 2.62. The van der Waals surface area contributed by atoms with Crippen molar-refractivity contribution in [3.8, 4) is 5.75 Å². The van der Waals surface area contributed by atoms with Crippen LogP contribution in [0.1, 0.15) is 97.3 Å². The highest BCUT2D eigenvalue weighted by atomic mass is 16.5. The fraction of sp³-hybridized carbons (Fsp3) is 0.520. The quantitative estimate of drug-likeness (QED) is 0.429. The fourth-order valence-corrected chi connectivity index (χ4v) is 2.77. The molecule has 0 unspecified atom stereocenters. The van der Waals surface area contributed by atoms with Crippen molar-refractivity contribution in [2.75, 3.05) is 6.61 Å². The van der Waals surface area contributed by atoms with Gasteiger partial charge in [0.2, 0.25) is 0 Å². The van der Waals surface area contributed by atoms with Gasteiger partial charge < -0.3 is 4.74 Å². The normalized spacial score (nSPS) is 13.7. The first-order chi connectivity index (χ1) is 12.2. The minimum absolute atomic E-state index is 0.438. The minimum atomic E-state index is 0.438. The van der Waals surface area contributed by atoms with Crippen LogP contribution in [0.5, 0.6) is 5.75 Å². The van der Waals surface area contributed by atoms with Gasteiger partial charge in [-0.2, -0.15) is 0 Å². The highest BCUT2D eigenvalue weighted by Crippen LogP contribution is 2.38. The Kier molecular flexibility index (Phi) is 8.92. The van der Waals surface area contributed by atoms with Gasteiger partial charge in [0, 0.05) is 5.56 Å². The lowest BCUT2D eigenvalue weighted by Gasteiger charge is -2.22. The molecule has 0 radical (unpaired) electrons. The zero-order valence-electron chi connectivity index (χ0n) is 18.4. The Labute approximate surface area is 161 Å². The number of hydrogen-bond acceptors (Lipinski definition) is 1. The van der Waals surface area contributed by atoms with E-state index in [-0.39, 0.29) is 0 Å². The maximum atomic E-state index is 6.26. The van der Waals surface area contributed by atoms with Gasteiger partial charge in [-0.1, -0.05) is 64.5 Å². The molecule has 26 heavy (non-hydrogen) atoms. The summed E-state index contributed by atoms with van der Waals surface area (Å²) in [5.74, 6) is 2.01. The van der Waals surface area contributed by atoms with E-state index in [4.69, 9.17) is 4.74 Å². The Hall–Kier alpha value is -1.76. The number of allylic oxidation sites excluding steroid dienone is 6. The molecule has 0 heterocycles. The zero-order valence-corrected chi connectivity index (χ0v) is 18.4. The third-order valence-electron chi connectivity index (χ3n) is 4.93. The van der Waals surface area contributed by atoms with E-state index in [2.05, 4.69) is 92.7 Å². The van der Waals surface area contributed by atoms with E-state index in [1.165, 1.54) is 33.4 Å². The van der Waals surface area contributed by atoms with Gasteiger partial charge in [0.15, 0.2) is 0 Å². The van der Waals surface area contributed by atoms with Crippen LogP contribution >= 0.6 is 0 Å². The molecule has 0 aliphatic heterocycles. The molecule has 1 heteroatoms. The highest BCUT2D eigenvalue weighted by Gasteiger charge is 2.18. The van der Waals surface area contributed by atoms with Crippen molar-refractivity contribution in [3.05, 3.63) is 58.2 Å². The molecular weight excluding hydrogens is 316 g/mol. The molecule has 1 aromatic carbocycles. The molecule has 1 rings (SSSR count). The predicted molar refractivity (Wildman–Crippen MR) is 117 cm³/mol. The topological polar surface area (TPSA) is 9.23 Å². The van der Waals surface area contributed by atoms with Gasteiger partial charge in [0.1, 0.15) is 5.75 Å². The molecule has 0 bridgehead atoms. The van der Waals surface area contributed by atoms with Gasteiger partial charge in [-0.3, -0.25) is 0 Å². The van der Waals surface area contributed by atoms with Crippen LogP contribution < -0.4 is 4.74 Å². The van der Waals surface area contributed by atoms with Crippen LogP contribution in [0.25, 0.3) is 5.57 Å². The molecule has 0 atom stereocenters. The summed E-state index contributed by atoms with van der Waals surface area (Å²) in [7, 11) is 0. The van der Waals surface area contributed by atoms with Gasteiger partial charge in [0.05, 0.1) is 6.61 Å². The summed E-state index contributed by atoms with van der Waals surface area (Å²) >= 11 is 0. The molecule has 0 aromatic heterocycles. The maximum absolute atomic E-state index is 6.26. The first-order valence-corrected chi connectivity index (χ1v) is 10.0. The second kappa shape index (κ2) is 10.4. The van der Waals surface area contributed by atoms with Crippen molar-refractivity contribution >= 4 is 5.57 Å². The lowest BCUT2D eigenvalue weighted by Crippen LogP contribution is -2.06. The van der Waals surface area contributed by atoms with Gasteiger partial charge >= 0.3 is 0 Å². The molecule has 0 N–H and O–H groups in total. The largest absolute Gasteiger partial charge is 0.493 e. The van der Waals surface area contributed by atoms with Gasteiger partial charge in [-0.25, -0.2) is 0 Å². The van der Waals surface area contributed by atoms with Crippen molar-refractivity contribution in [2.45, 2.75) is 80.6 Å². The van der Waals surface area contributed by atoms with Crippen molar-refractivity contribution in [2.24, 2.45) is 0 Å². The predicted octanol–water partition coefficient (Wildman–Crippen LogP) is 8.04. The van der Waals surface area contributed by atoms with E-state index in [0.717, 1.165) is 18.8 Å². The van der Waals surface area contributed by atoms with Crippen LogP contribution in [0, 0.1) is 0 Å². The van der Waals surface area contributed by atoms with Crippen LogP contribution in [0.4, 0.5) is 0 Å². The number of hydrogen-bond donors (Lipinski definition) is 0. The minimum Gasteiger partial charge on any atom is -0.493 e.